The molecule has 8 heteroatoms. The molecule has 0 radical (unpaired) electrons. The standard InChI is InChI=1S/C15H25N5O3/c1-4-23-14-13(16-6-7-17-14)20-9-5-12(11-20)19(2)15(21)18-8-10-22-3/h6-7,12H,4-5,8-11H2,1-3H3,(H,18,21)/t12-/m1/s1. The number of anilines is 1. The summed E-state index contributed by atoms with van der Waals surface area (Å²) in [4.78, 5) is 24.6. The molecular formula is C15H25N5O3. The summed E-state index contributed by atoms with van der Waals surface area (Å²) in [7, 11) is 3.43. The number of urea groups is 1. The Balaban J connectivity index is 1.94. The second-order valence-electron chi connectivity index (χ2n) is 5.34. The van der Waals surface area contributed by atoms with Crippen molar-refractivity contribution in [1.82, 2.24) is 20.2 Å². The number of amides is 2. The summed E-state index contributed by atoms with van der Waals surface area (Å²) >= 11 is 0. The molecule has 1 aliphatic rings. The first kappa shape index (κ1) is 17.3. The third-order valence-electron chi connectivity index (χ3n) is 3.84. The predicted molar refractivity (Wildman–Crippen MR) is 86.9 cm³/mol. The number of carbonyl (C=O) groups excluding carboxylic acids is 1. The molecule has 128 valence electrons. The highest BCUT2D eigenvalue weighted by Crippen LogP contribution is 2.27. The predicted octanol–water partition coefficient (Wildman–Crippen LogP) is 0.742. The lowest BCUT2D eigenvalue weighted by Gasteiger charge is -2.25. The highest BCUT2D eigenvalue weighted by molar-refractivity contribution is 5.74. The maximum absolute atomic E-state index is 12.1. The van der Waals surface area contributed by atoms with E-state index in [0.29, 0.717) is 32.2 Å². The van der Waals surface area contributed by atoms with Crippen LogP contribution in [-0.2, 0) is 4.74 Å². The zero-order valence-electron chi connectivity index (χ0n) is 14.0. The lowest BCUT2D eigenvalue weighted by molar-refractivity contribution is 0.177. The molecule has 0 aliphatic carbocycles. The molecule has 0 spiro atoms. The van der Waals surface area contributed by atoms with Gasteiger partial charge in [0.25, 0.3) is 5.88 Å². The maximum atomic E-state index is 12.1. The number of nitrogens with one attached hydrogen (secondary N) is 1. The van der Waals surface area contributed by atoms with E-state index in [1.165, 1.54) is 0 Å². The largest absolute Gasteiger partial charge is 0.475 e. The number of nitrogens with zero attached hydrogens (tertiary/aromatic N) is 4. The van der Waals surface area contributed by atoms with Gasteiger partial charge in [0.1, 0.15) is 0 Å². The molecule has 2 heterocycles. The van der Waals surface area contributed by atoms with Crippen LogP contribution in [0.4, 0.5) is 10.6 Å². The highest BCUT2D eigenvalue weighted by atomic mass is 16.5. The molecule has 1 aliphatic heterocycles. The minimum Gasteiger partial charge on any atom is -0.475 e. The van der Waals surface area contributed by atoms with Crippen molar-refractivity contribution < 1.29 is 14.3 Å². The molecule has 0 saturated carbocycles. The summed E-state index contributed by atoms with van der Waals surface area (Å²) in [5, 5.41) is 2.84. The van der Waals surface area contributed by atoms with Crippen LogP contribution in [0.5, 0.6) is 5.88 Å². The third kappa shape index (κ3) is 4.44. The van der Waals surface area contributed by atoms with Crippen LogP contribution in [0.3, 0.4) is 0 Å². The van der Waals surface area contributed by atoms with Gasteiger partial charge in [-0.05, 0) is 13.3 Å². The van der Waals surface area contributed by atoms with Gasteiger partial charge in [-0.25, -0.2) is 14.8 Å². The van der Waals surface area contributed by atoms with Crippen molar-refractivity contribution in [3.63, 3.8) is 0 Å². The number of rotatable bonds is 7. The number of ether oxygens (including phenoxy) is 2. The van der Waals surface area contributed by atoms with E-state index in [4.69, 9.17) is 9.47 Å². The van der Waals surface area contributed by atoms with Crippen molar-refractivity contribution in [2.45, 2.75) is 19.4 Å². The Morgan fingerprint density at radius 3 is 3.00 bits per heavy atom. The lowest BCUT2D eigenvalue weighted by atomic mass is 10.2. The molecule has 0 bridgehead atoms. The summed E-state index contributed by atoms with van der Waals surface area (Å²) in [5.74, 6) is 1.29. The van der Waals surface area contributed by atoms with Crippen LogP contribution in [0.15, 0.2) is 12.4 Å². The van der Waals surface area contributed by atoms with Crippen molar-refractivity contribution in [3.05, 3.63) is 12.4 Å². The van der Waals surface area contributed by atoms with E-state index >= 15 is 0 Å². The number of likely N-dealkylation sites (N-methyl/N-ethyl adjacent to an activating group) is 1. The van der Waals surface area contributed by atoms with E-state index in [-0.39, 0.29) is 12.1 Å². The van der Waals surface area contributed by atoms with Crippen LogP contribution < -0.4 is 15.0 Å². The molecular weight excluding hydrogens is 298 g/mol. The van der Waals surface area contributed by atoms with E-state index < -0.39 is 0 Å². The molecule has 1 atom stereocenters. The molecule has 1 aromatic heterocycles. The van der Waals surface area contributed by atoms with Crippen LogP contribution >= 0.6 is 0 Å². The van der Waals surface area contributed by atoms with Crippen LogP contribution in [0.2, 0.25) is 0 Å². The van der Waals surface area contributed by atoms with Gasteiger partial charge in [-0.15, -0.1) is 0 Å². The minimum atomic E-state index is -0.0851. The normalized spacial score (nSPS) is 17.2. The van der Waals surface area contributed by atoms with Crippen LogP contribution in [0.25, 0.3) is 0 Å². The van der Waals surface area contributed by atoms with E-state index in [9.17, 15) is 4.79 Å². The summed E-state index contributed by atoms with van der Waals surface area (Å²) < 4.78 is 10.5. The molecule has 0 aromatic carbocycles. The van der Waals surface area contributed by atoms with Gasteiger partial charge in [0.2, 0.25) is 0 Å². The van der Waals surface area contributed by atoms with Crippen molar-refractivity contribution in [2.24, 2.45) is 0 Å². The molecule has 8 nitrogen and oxygen atoms in total. The fraction of sp³-hybridized carbons (Fsp3) is 0.667. The Labute approximate surface area is 136 Å². The second kappa shape index (κ2) is 8.52. The smallest absolute Gasteiger partial charge is 0.317 e. The van der Waals surface area contributed by atoms with Crippen LogP contribution in [-0.4, -0.2) is 73.9 Å². The van der Waals surface area contributed by atoms with Crippen LogP contribution in [0.1, 0.15) is 13.3 Å². The summed E-state index contributed by atoms with van der Waals surface area (Å²) in [6.45, 7) is 5.02. The van der Waals surface area contributed by atoms with Gasteiger partial charge in [-0.2, -0.15) is 0 Å². The van der Waals surface area contributed by atoms with Gasteiger partial charge in [0, 0.05) is 46.2 Å². The Hall–Kier alpha value is -2.09. The SMILES string of the molecule is CCOc1nccnc1N1CC[C@@H](N(C)C(=O)NCCOC)C1. The first-order valence-corrected chi connectivity index (χ1v) is 7.85. The molecule has 1 aromatic rings. The van der Waals surface area contributed by atoms with Crippen molar-refractivity contribution in [2.75, 3.05) is 51.9 Å². The van der Waals surface area contributed by atoms with E-state index in [2.05, 4.69) is 20.2 Å². The second-order valence-corrected chi connectivity index (χ2v) is 5.34. The first-order chi connectivity index (χ1) is 11.2. The molecule has 1 N–H and O–H groups in total. The Kier molecular flexibility index (Phi) is 6.40. The highest BCUT2D eigenvalue weighted by Gasteiger charge is 2.30. The van der Waals surface area contributed by atoms with E-state index in [0.717, 1.165) is 18.8 Å². The van der Waals surface area contributed by atoms with Gasteiger partial charge in [-0.1, -0.05) is 0 Å². The van der Waals surface area contributed by atoms with Crippen LogP contribution in [0, 0.1) is 0 Å². The van der Waals surface area contributed by atoms with Crippen molar-refractivity contribution >= 4 is 11.8 Å². The third-order valence-corrected chi connectivity index (χ3v) is 3.84. The average Bonchev–Trinajstić information content (AvgIpc) is 3.05. The number of aromatic nitrogens is 2. The number of hydrogen-bond acceptors (Lipinski definition) is 6. The van der Waals surface area contributed by atoms with E-state index in [1.54, 1.807) is 24.4 Å². The van der Waals surface area contributed by atoms with Crippen molar-refractivity contribution in [1.29, 1.82) is 0 Å². The van der Waals surface area contributed by atoms with Gasteiger partial charge < -0.3 is 24.6 Å². The Morgan fingerprint density at radius 1 is 1.48 bits per heavy atom. The van der Waals surface area contributed by atoms with Crippen molar-refractivity contribution in [3.8, 4) is 5.88 Å². The van der Waals surface area contributed by atoms with E-state index in [1.807, 2.05) is 14.0 Å². The molecule has 0 unspecified atom stereocenters. The molecule has 1 fully saturated rings. The average molecular weight is 323 g/mol. The van der Waals surface area contributed by atoms with Gasteiger partial charge in [-0.3, -0.25) is 0 Å². The Bertz CT molecular complexity index is 514. The molecule has 23 heavy (non-hydrogen) atoms. The fourth-order valence-corrected chi connectivity index (χ4v) is 2.57. The Morgan fingerprint density at radius 2 is 2.26 bits per heavy atom. The monoisotopic (exact) mass is 323 g/mol. The summed E-state index contributed by atoms with van der Waals surface area (Å²) in [5.41, 5.74) is 0. The van der Waals surface area contributed by atoms with Gasteiger partial charge >= 0.3 is 6.03 Å². The van der Waals surface area contributed by atoms with Gasteiger partial charge in [0.15, 0.2) is 5.82 Å². The summed E-state index contributed by atoms with van der Waals surface area (Å²) in [6, 6.07) is 0.0482. The molecule has 1 saturated heterocycles. The molecule has 2 rings (SSSR count). The zero-order chi connectivity index (χ0) is 16.7. The lowest BCUT2D eigenvalue weighted by Crippen LogP contribution is -2.45. The number of methoxy groups -OCH3 is 1. The topological polar surface area (TPSA) is 79.8 Å². The fourth-order valence-electron chi connectivity index (χ4n) is 2.57. The summed E-state index contributed by atoms with van der Waals surface area (Å²) in [6.07, 6.45) is 4.17. The zero-order valence-corrected chi connectivity index (χ0v) is 14.0. The minimum absolute atomic E-state index is 0.0851. The van der Waals surface area contributed by atoms with Gasteiger partial charge in [0.05, 0.1) is 19.3 Å². The number of carbonyl (C=O) groups is 1. The quantitative estimate of drug-likeness (QED) is 0.746. The number of hydrogen-bond donors (Lipinski definition) is 1. The first-order valence-electron chi connectivity index (χ1n) is 7.85. The maximum Gasteiger partial charge on any atom is 0.317 e. The molecule has 2 amide bonds.